The molecule has 0 fully saturated rings. The first-order chi connectivity index (χ1) is 16.1. The van der Waals surface area contributed by atoms with E-state index in [1.165, 1.54) is 0 Å². The highest BCUT2D eigenvalue weighted by atomic mass is 35.5. The molecule has 0 unspecified atom stereocenters. The number of aromatic nitrogens is 1. The Morgan fingerprint density at radius 3 is 2.48 bits per heavy atom. The molecule has 0 aliphatic heterocycles. The van der Waals surface area contributed by atoms with Crippen molar-refractivity contribution in [2.24, 2.45) is 0 Å². The van der Waals surface area contributed by atoms with Crippen molar-refractivity contribution in [2.45, 2.75) is 27.2 Å². The summed E-state index contributed by atoms with van der Waals surface area (Å²) in [4.78, 5) is 17.5. The van der Waals surface area contributed by atoms with Gasteiger partial charge < -0.3 is 10.1 Å². The van der Waals surface area contributed by atoms with Gasteiger partial charge in [0.2, 0.25) is 0 Å². The molecule has 4 rings (SSSR count). The molecule has 1 heterocycles. The lowest BCUT2D eigenvalue weighted by Crippen LogP contribution is -2.14. The van der Waals surface area contributed by atoms with Gasteiger partial charge in [0.1, 0.15) is 10.8 Å². The molecular formula is C27H27ClN2O2S. The second kappa shape index (κ2) is 11.6. The van der Waals surface area contributed by atoms with Gasteiger partial charge in [-0.15, -0.1) is 11.3 Å². The van der Waals surface area contributed by atoms with Gasteiger partial charge in [0.25, 0.3) is 5.91 Å². The number of methoxy groups -OCH3 is 1. The molecule has 0 saturated carbocycles. The van der Waals surface area contributed by atoms with E-state index >= 15 is 0 Å². The summed E-state index contributed by atoms with van der Waals surface area (Å²) < 4.78 is 5.26. The molecule has 33 heavy (non-hydrogen) atoms. The molecule has 4 nitrogen and oxygen atoms in total. The van der Waals surface area contributed by atoms with Crippen LogP contribution in [-0.4, -0.2) is 18.0 Å². The number of rotatable bonds is 6. The van der Waals surface area contributed by atoms with Crippen LogP contribution in [0.15, 0.2) is 72.1 Å². The Hall–Kier alpha value is -3.15. The van der Waals surface area contributed by atoms with Crippen LogP contribution < -0.4 is 10.1 Å². The predicted molar refractivity (Wildman–Crippen MR) is 140 cm³/mol. The number of benzene rings is 3. The lowest BCUT2D eigenvalue weighted by Gasteiger charge is -2.11. The summed E-state index contributed by atoms with van der Waals surface area (Å²) in [6.45, 7) is 6.01. The van der Waals surface area contributed by atoms with Gasteiger partial charge in [-0.3, -0.25) is 4.79 Å². The van der Waals surface area contributed by atoms with Crippen LogP contribution in [0.1, 0.15) is 36.7 Å². The Labute approximate surface area is 204 Å². The van der Waals surface area contributed by atoms with E-state index < -0.39 is 0 Å². The maximum absolute atomic E-state index is 12.8. The summed E-state index contributed by atoms with van der Waals surface area (Å²) in [7, 11) is 1.61. The predicted octanol–water partition coefficient (Wildman–Crippen LogP) is 7.98. The molecular weight excluding hydrogens is 452 g/mol. The quantitative estimate of drug-likeness (QED) is 0.305. The van der Waals surface area contributed by atoms with Crippen molar-refractivity contribution in [3.63, 3.8) is 0 Å². The average molecular weight is 479 g/mol. The molecule has 0 bridgehead atoms. The highest BCUT2D eigenvalue weighted by Crippen LogP contribution is 2.34. The Morgan fingerprint density at radius 1 is 1.06 bits per heavy atom. The van der Waals surface area contributed by atoms with Crippen LogP contribution >= 0.6 is 22.9 Å². The minimum Gasteiger partial charge on any atom is -0.497 e. The average Bonchev–Trinajstić information content (AvgIpc) is 3.35. The van der Waals surface area contributed by atoms with Gasteiger partial charge >= 0.3 is 0 Å². The summed E-state index contributed by atoms with van der Waals surface area (Å²) in [6.07, 6.45) is 0.729. The second-order valence-corrected chi connectivity index (χ2v) is 8.19. The molecule has 4 aromatic rings. The highest BCUT2D eigenvalue weighted by Gasteiger charge is 2.14. The molecule has 0 aliphatic rings. The minimum atomic E-state index is -0.177. The van der Waals surface area contributed by atoms with Crippen molar-refractivity contribution in [3.05, 3.63) is 88.3 Å². The third kappa shape index (κ3) is 5.81. The number of amides is 1. The van der Waals surface area contributed by atoms with Gasteiger partial charge in [0.05, 0.1) is 17.8 Å². The molecule has 0 atom stereocenters. The standard InChI is InChI=1S/C25H21ClN2O2S.C2H6/c1-3-16-13-19(30-2)10-12-20(16)24(29)27-18-9-11-21(22(26)14-18)23-15-31-25(28-23)17-7-5-4-6-8-17;1-2/h4-15H,3H2,1-2H3,(H,27,29);1-2H3. The van der Waals surface area contributed by atoms with E-state index in [0.29, 0.717) is 16.3 Å². The number of carbonyl (C=O) groups is 1. The van der Waals surface area contributed by atoms with E-state index in [1.807, 2.05) is 74.7 Å². The normalized spacial score (nSPS) is 10.2. The maximum atomic E-state index is 12.8. The van der Waals surface area contributed by atoms with E-state index in [2.05, 4.69) is 5.32 Å². The van der Waals surface area contributed by atoms with E-state index in [1.54, 1.807) is 36.6 Å². The first-order valence-corrected chi connectivity index (χ1v) is 12.1. The zero-order chi connectivity index (χ0) is 23.8. The summed E-state index contributed by atoms with van der Waals surface area (Å²) >= 11 is 8.12. The lowest BCUT2D eigenvalue weighted by atomic mass is 10.0. The highest BCUT2D eigenvalue weighted by molar-refractivity contribution is 7.13. The number of anilines is 1. The molecule has 0 radical (unpaired) electrons. The maximum Gasteiger partial charge on any atom is 0.255 e. The van der Waals surface area contributed by atoms with Crippen LogP contribution in [-0.2, 0) is 6.42 Å². The summed E-state index contributed by atoms with van der Waals surface area (Å²) in [5, 5.41) is 6.41. The topological polar surface area (TPSA) is 51.2 Å². The number of thiazole rings is 1. The second-order valence-electron chi connectivity index (χ2n) is 6.93. The van der Waals surface area contributed by atoms with E-state index in [-0.39, 0.29) is 5.91 Å². The number of hydrogen-bond donors (Lipinski definition) is 1. The number of ether oxygens (including phenoxy) is 1. The van der Waals surface area contributed by atoms with E-state index in [9.17, 15) is 4.79 Å². The van der Waals surface area contributed by atoms with Crippen molar-refractivity contribution in [1.82, 2.24) is 4.98 Å². The molecule has 0 spiro atoms. The molecule has 3 aromatic carbocycles. The first kappa shape index (κ1) is 24.5. The third-order valence-electron chi connectivity index (χ3n) is 4.97. The molecule has 0 aliphatic carbocycles. The fourth-order valence-corrected chi connectivity index (χ4v) is 4.42. The van der Waals surface area contributed by atoms with Gasteiger partial charge in [-0.05, 0) is 48.4 Å². The van der Waals surface area contributed by atoms with Crippen LogP contribution in [0.3, 0.4) is 0 Å². The van der Waals surface area contributed by atoms with Gasteiger partial charge in [-0.25, -0.2) is 4.98 Å². The molecule has 0 saturated heterocycles. The van der Waals surface area contributed by atoms with E-state index in [0.717, 1.165) is 39.6 Å². The summed E-state index contributed by atoms with van der Waals surface area (Å²) in [6, 6.07) is 21.0. The number of nitrogens with one attached hydrogen (secondary N) is 1. The monoisotopic (exact) mass is 478 g/mol. The Bertz CT molecular complexity index is 1220. The van der Waals surface area contributed by atoms with Crippen molar-refractivity contribution < 1.29 is 9.53 Å². The van der Waals surface area contributed by atoms with Crippen molar-refractivity contribution in [3.8, 4) is 27.6 Å². The fourth-order valence-electron chi connectivity index (χ4n) is 3.32. The van der Waals surface area contributed by atoms with Crippen molar-refractivity contribution in [1.29, 1.82) is 0 Å². The van der Waals surface area contributed by atoms with Gasteiger partial charge in [0.15, 0.2) is 0 Å². The number of hydrogen-bond acceptors (Lipinski definition) is 4. The molecule has 1 N–H and O–H groups in total. The first-order valence-electron chi connectivity index (χ1n) is 10.9. The summed E-state index contributed by atoms with van der Waals surface area (Å²) in [5.74, 6) is 0.558. The third-order valence-corrected chi connectivity index (χ3v) is 6.17. The number of nitrogens with zero attached hydrogens (tertiary/aromatic N) is 1. The SMILES string of the molecule is CC.CCc1cc(OC)ccc1C(=O)Nc1ccc(-c2csc(-c3ccccc3)n2)c(Cl)c1. The Morgan fingerprint density at radius 2 is 1.82 bits per heavy atom. The minimum absolute atomic E-state index is 0.177. The number of halogens is 1. The van der Waals surface area contributed by atoms with Crippen LogP contribution in [0, 0.1) is 0 Å². The number of carbonyl (C=O) groups excluding carboxylic acids is 1. The Kier molecular flexibility index (Phi) is 8.64. The Balaban J connectivity index is 0.00000149. The van der Waals surface area contributed by atoms with Crippen LogP contribution in [0.5, 0.6) is 5.75 Å². The number of aryl methyl sites for hydroxylation is 1. The zero-order valence-corrected chi connectivity index (χ0v) is 20.8. The van der Waals surface area contributed by atoms with Gasteiger partial charge in [-0.1, -0.05) is 62.7 Å². The van der Waals surface area contributed by atoms with E-state index in [4.69, 9.17) is 21.3 Å². The van der Waals surface area contributed by atoms with Gasteiger partial charge in [-0.2, -0.15) is 0 Å². The molecule has 1 aromatic heterocycles. The van der Waals surface area contributed by atoms with Crippen LogP contribution in [0.25, 0.3) is 21.8 Å². The largest absolute Gasteiger partial charge is 0.497 e. The lowest BCUT2D eigenvalue weighted by molar-refractivity contribution is 0.102. The van der Waals surface area contributed by atoms with Gasteiger partial charge in [0, 0.05) is 27.8 Å². The smallest absolute Gasteiger partial charge is 0.255 e. The fraction of sp³-hybridized carbons (Fsp3) is 0.185. The van der Waals surface area contributed by atoms with Crippen LogP contribution in [0.4, 0.5) is 5.69 Å². The zero-order valence-electron chi connectivity index (χ0n) is 19.2. The van der Waals surface area contributed by atoms with Crippen LogP contribution in [0.2, 0.25) is 5.02 Å². The van der Waals surface area contributed by atoms with Crippen molar-refractivity contribution >= 4 is 34.5 Å². The molecule has 170 valence electrons. The molecule has 6 heteroatoms. The summed E-state index contributed by atoms with van der Waals surface area (Å²) in [5.41, 5.74) is 4.90. The van der Waals surface area contributed by atoms with Crippen molar-refractivity contribution in [2.75, 3.05) is 12.4 Å². The molecule has 1 amide bonds.